The Morgan fingerprint density at radius 1 is 1.36 bits per heavy atom. The number of amides is 1. The van der Waals surface area contributed by atoms with Crippen molar-refractivity contribution in [3.63, 3.8) is 0 Å². The average molecular weight is 425 g/mol. The van der Waals surface area contributed by atoms with Gasteiger partial charge in [0.05, 0.1) is 27.4 Å². The molecule has 1 amide bonds. The third-order valence-electron chi connectivity index (χ3n) is 5.11. The molecular weight excluding hydrogens is 400 g/mol. The largest absolute Gasteiger partial charge is 0.338 e. The summed E-state index contributed by atoms with van der Waals surface area (Å²) in [6.45, 7) is 5.80. The lowest BCUT2D eigenvalue weighted by atomic mass is 9.93. The van der Waals surface area contributed by atoms with Gasteiger partial charge in [0.2, 0.25) is 0 Å². The number of sulfone groups is 1. The molecule has 9 heteroatoms. The summed E-state index contributed by atoms with van der Waals surface area (Å²) in [5, 5.41) is 4.60. The Bertz CT molecular complexity index is 987. The first kappa shape index (κ1) is 20.8. The highest BCUT2D eigenvalue weighted by atomic mass is 35.5. The molecule has 3 rings (SSSR count). The van der Waals surface area contributed by atoms with E-state index in [4.69, 9.17) is 11.6 Å². The van der Waals surface area contributed by atoms with Gasteiger partial charge in [-0.1, -0.05) is 18.5 Å². The number of hydrogen-bond donors (Lipinski definition) is 0. The molecule has 1 aliphatic heterocycles. The highest BCUT2D eigenvalue weighted by Crippen LogP contribution is 2.32. The van der Waals surface area contributed by atoms with Gasteiger partial charge in [0.15, 0.2) is 9.84 Å². The number of nitrogens with zero attached hydrogens (tertiary/aromatic N) is 4. The summed E-state index contributed by atoms with van der Waals surface area (Å²) >= 11 is 5.97. The van der Waals surface area contributed by atoms with E-state index >= 15 is 0 Å². The SMILES string of the molecule is CCCn1ncc(C(=O)N2CCCC(c3ncc(Cl)cc3S(C)(=O)=O)C2)c1C. The first-order chi connectivity index (χ1) is 13.2. The molecule has 2 aromatic heterocycles. The Kier molecular flexibility index (Phi) is 6.09. The molecule has 0 saturated carbocycles. The molecule has 1 saturated heterocycles. The normalized spacial score (nSPS) is 17.7. The van der Waals surface area contributed by atoms with Gasteiger partial charge in [-0.3, -0.25) is 14.5 Å². The molecule has 3 heterocycles. The lowest BCUT2D eigenvalue weighted by molar-refractivity contribution is 0.0704. The number of pyridine rings is 1. The van der Waals surface area contributed by atoms with Crippen molar-refractivity contribution in [3.8, 4) is 0 Å². The molecule has 0 N–H and O–H groups in total. The molecule has 1 fully saturated rings. The van der Waals surface area contributed by atoms with E-state index in [2.05, 4.69) is 17.0 Å². The summed E-state index contributed by atoms with van der Waals surface area (Å²) in [6, 6.07) is 1.44. The van der Waals surface area contributed by atoms with Gasteiger partial charge >= 0.3 is 0 Å². The molecule has 0 bridgehead atoms. The maximum absolute atomic E-state index is 13.1. The second kappa shape index (κ2) is 8.21. The van der Waals surface area contributed by atoms with Crippen LogP contribution in [0, 0.1) is 6.92 Å². The lowest BCUT2D eigenvalue weighted by Crippen LogP contribution is -2.39. The predicted octanol–water partition coefficient (Wildman–Crippen LogP) is 3.07. The summed E-state index contributed by atoms with van der Waals surface area (Å²) in [6.07, 6.45) is 6.74. The van der Waals surface area contributed by atoms with Crippen LogP contribution in [0.3, 0.4) is 0 Å². The molecule has 1 unspecified atom stereocenters. The van der Waals surface area contributed by atoms with E-state index in [0.717, 1.165) is 37.8 Å². The molecule has 0 spiro atoms. The van der Waals surface area contributed by atoms with Gasteiger partial charge < -0.3 is 4.90 Å². The topological polar surface area (TPSA) is 85.2 Å². The number of piperidine rings is 1. The number of aromatic nitrogens is 3. The Morgan fingerprint density at radius 3 is 2.79 bits per heavy atom. The molecule has 28 heavy (non-hydrogen) atoms. The van der Waals surface area contributed by atoms with E-state index in [1.165, 1.54) is 12.3 Å². The van der Waals surface area contributed by atoms with E-state index in [-0.39, 0.29) is 21.7 Å². The number of aryl methyl sites for hydroxylation is 1. The van der Waals surface area contributed by atoms with Crippen LogP contribution in [0.2, 0.25) is 5.02 Å². The second-order valence-corrected chi connectivity index (χ2v) is 9.69. The number of hydrogen-bond acceptors (Lipinski definition) is 5. The molecule has 152 valence electrons. The van der Waals surface area contributed by atoms with Crippen LogP contribution in [0.1, 0.15) is 53.8 Å². The van der Waals surface area contributed by atoms with Crippen LogP contribution < -0.4 is 0 Å². The third-order valence-corrected chi connectivity index (χ3v) is 6.44. The molecule has 0 radical (unpaired) electrons. The smallest absolute Gasteiger partial charge is 0.257 e. The number of halogens is 1. The maximum Gasteiger partial charge on any atom is 0.257 e. The van der Waals surface area contributed by atoms with E-state index < -0.39 is 9.84 Å². The Labute approximate surface area is 170 Å². The van der Waals surface area contributed by atoms with E-state index in [0.29, 0.717) is 24.3 Å². The van der Waals surface area contributed by atoms with E-state index in [1.807, 2.05) is 11.6 Å². The molecule has 1 atom stereocenters. The monoisotopic (exact) mass is 424 g/mol. The fourth-order valence-corrected chi connectivity index (χ4v) is 4.85. The zero-order valence-corrected chi connectivity index (χ0v) is 17.9. The Hall–Kier alpha value is -1.93. The van der Waals surface area contributed by atoms with Gasteiger partial charge in [-0.15, -0.1) is 0 Å². The summed E-state index contributed by atoms with van der Waals surface area (Å²) in [5.74, 6) is -0.217. The van der Waals surface area contributed by atoms with Gasteiger partial charge in [0.25, 0.3) is 5.91 Å². The summed E-state index contributed by atoms with van der Waals surface area (Å²) in [5.41, 5.74) is 1.94. The predicted molar refractivity (Wildman–Crippen MR) is 107 cm³/mol. The first-order valence-electron chi connectivity index (χ1n) is 9.39. The second-order valence-electron chi connectivity index (χ2n) is 7.27. The highest BCUT2D eigenvalue weighted by molar-refractivity contribution is 7.90. The molecular formula is C19H25ClN4O3S. The van der Waals surface area contributed by atoms with Crippen LogP contribution in [0.15, 0.2) is 23.4 Å². The summed E-state index contributed by atoms with van der Waals surface area (Å²) in [4.78, 5) is 19.3. The lowest BCUT2D eigenvalue weighted by Gasteiger charge is -2.33. The van der Waals surface area contributed by atoms with Crippen molar-refractivity contribution >= 4 is 27.3 Å². The summed E-state index contributed by atoms with van der Waals surface area (Å²) < 4.78 is 26.3. The third kappa shape index (κ3) is 4.22. The molecule has 7 nitrogen and oxygen atoms in total. The van der Waals surface area contributed by atoms with Crippen molar-refractivity contribution in [1.82, 2.24) is 19.7 Å². The van der Waals surface area contributed by atoms with Crippen LogP contribution in [0.25, 0.3) is 0 Å². The van der Waals surface area contributed by atoms with Crippen molar-refractivity contribution in [2.45, 2.75) is 50.5 Å². The molecule has 0 aliphatic carbocycles. The highest BCUT2D eigenvalue weighted by Gasteiger charge is 2.31. The van der Waals surface area contributed by atoms with Gasteiger partial charge in [-0.25, -0.2) is 8.42 Å². The van der Waals surface area contributed by atoms with Crippen LogP contribution in [0.5, 0.6) is 0 Å². The van der Waals surface area contributed by atoms with Crippen molar-refractivity contribution in [2.24, 2.45) is 0 Å². The van der Waals surface area contributed by atoms with Crippen molar-refractivity contribution in [2.75, 3.05) is 19.3 Å². The minimum absolute atomic E-state index is 0.0700. The van der Waals surface area contributed by atoms with Crippen LogP contribution in [0.4, 0.5) is 0 Å². The van der Waals surface area contributed by atoms with Gasteiger partial charge in [0.1, 0.15) is 0 Å². The van der Waals surface area contributed by atoms with Crippen LogP contribution in [-0.2, 0) is 16.4 Å². The zero-order valence-electron chi connectivity index (χ0n) is 16.4. The number of carbonyl (C=O) groups excluding carboxylic acids is 1. The Morgan fingerprint density at radius 2 is 2.11 bits per heavy atom. The van der Waals surface area contributed by atoms with Crippen molar-refractivity contribution in [3.05, 3.63) is 40.4 Å². The van der Waals surface area contributed by atoms with E-state index in [9.17, 15) is 13.2 Å². The standard InChI is InChI=1S/C19H25ClN4O3S/c1-4-7-24-13(2)16(11-22-24)19(25)23-8-5-6-14(12-23)18-17(28(3,26)27)9-15(20)10-21-18/h9-11,14H,4-8,12H2,1-3H3. The maximum atomic E-state index is 13.1. The van der Waals surface area contributed by atoms with Gasteiger partial charge in [0, 0.05) is 43.7 Å². The fourth-order valence-electron chi connectivity index (χ4n) is 3.68. The van der Waals surface area contributed by atoms with Gasteiger partial charge in [-0.05, 0) is 32.3 Å². The van der Waals surface area contributed by atoms with Crippen molar-refractivity contribution in [1.29, 1.82) is 0 Å². The zero-order chi connectivity index (χ0) is 20.5. The minimum Gasteiger partial charge on any atom is -0.338 e. The van der Waals surface area contributed by atoms with Crippen LogP contribution in [-0.4, -0.2) is 53.3 Å². The molecule has 0 aromatic carbocycles. The molecule has 2 aromatic rings. The van der Waals surface area contributed by atoms with Crippen LogP contribution >= 0.6 is 11.6 Å². The average Bonchev–Trinajstić information content (AvgIpc) is 3.01. The van der Waals surface area contributed by atoms with Gasteiger partial charge in [-0.2, -0.15) is 5.10 Å². The number of rotatable bonds is 5. The summed E-state index contributed by atoms with van der Waals surface area (Å²) in [7, 11) is -3.47. The minimum atomic E-state index is -3.47. The van der Waals surface area contributed by atoms with Crippen molar-refractivity contribution < 1.29 is 13.2 Å². The van der Waals surface area contributed by atoms with E-state index in [1.54, 1.807) is 11.1 Å². The number of carbonyl (C=O) groups is 1. The first-order valence-corrected chi connectivity index (χ1v) is 11.7. The molecule has 1 aliphatic rings. The fraction of sp³-hybridized carbons (Fsp3) is 0.526. The number of likely N-dealkylation sites (tertiary alicyclic amines) is 1. The quantitative estimate of drug-likeness (QED) is 0.736. The Balaban J connectivity index is 1.87.